The van der Waals surface area contributed by atoms with Crippen LogP contribution in [0, 0.1) is 24.1 Å². The van der Waals surface area contributed by atoms with Crippen molar-refractivity contribution in [2.24, 2.45) is 0 Å². The van der Waals surface area contributed by atoms with Crippen molar-refractivity contribution in [1.82, 2.24) is 0 Å². The molecule has 0 bridgehead atoms. The summed E-state index contributed by atoms with van der Waals surface area (Å²) in [7, 11) is 0. The third-order valence-electron chi connectivity index (χ3n) is 4.39. The molecule has 3 aromatic carbocycles. The second kappa shape index (κ2) is 9.96. The van der Waals surface area contributed by atoms with E-state index in [9.17, 15) is 9.65 Å². The van der Waals surface area contributed by atoms with Crippen molar-refractivity contribution >= 4 is 23.3 Å². The van der Waals surface area contributed by atoms with Gasteiger partial charge in [0, 0.05) is 5.56 Å². The van der Waals surface area contributed by atoms with Crippen LogP contribution in [-0.4, -0.2) is 6.61 Å². The van der Waals surface area contributed by atoms with Gasteiger partial charge in [0.2, 0.25) is 0 Å². The van der Waals surface area contributed by atoms with Gasteiger partial charge in [0.1, 0.15) is 12.4 Å². The molecule has 0 saturated carbocycles. The molecule has 0 fully saturated rings. The van der Waals surface area contributed by atoms with Crippen LogP contribution in [0.3, 0.4) is 0 Å². The molecule has 3 aromatic rings. The normalized spacial score (nSPS) is 11.1. The zero-order valence-electron chi connectivity index (χ0n) is 16.8. The number of ether oxygens (including phenoxy) is 2. The maximum Gasteiger partial charge on any atom is 0.180 e. The summed E-state index contributed by atoms with van der Waals surface area (Å²) in [6.07, 6.45) is 1.58. The molecule has 3 rings (SSSR count). The molecule has 0 atom stereocenters. The highest BCUT2D eigenvalue weighted by atomic mass is 35.5. The number of rotatable bonds is 7. The van der Waals surface area contributed by atoms with Crippen LogP contribution in [0.4, 0.5) is 4.39 Å². The lowest BCUT2D eigenvalue weighted by Gasteiger charge is -2.15. The maximum absolute atomic E-state index is 14.1. The van der Waals surface area contributed by atoms with Crippen LogP contribution in [0.2, 0.25) is 5.02 Å². The Bertz CT molecular complexity index is 1120. The standard InChI is InChI=1S/C25H21ClFNO2/c1-3-29-24-14-19(12-20(15-28)21-9-4-5-10-23(21)27)13-22(26)25(24)30-16-18-8-6-7-17(2)11-18/h4-14H,3,16H2,1-2H3/b20-12-. The summed E-state index contributed by atoms with van der Waals surface area (Å²) in [6, 6.07) is 19.6. The highest BCUT2D eigenvalue weighted by molar-refractivity contribution is 6.32. The van der Waals surface area contributed by atoms with Gasteiger partial charge in [0.15, 0.2) is 11.5 Å². The van der Waals surface area contributed by atoms with Crippen LogP contribution in [0.25, 0.3) is 11.6 Å². The molecule has 30 heavy (non-hydrogen) atoms. The summed E-state index contributed by atoms with van der Waals surface area (Å²) >= 11 is 6.48. The second-order valence-electron chi connectivity index (χ2n) is 6.69. The summed E-state index contributed by atoms with van der Waals surface area (Å²) in [6.45, 7) is 4.64. The number of hydrogen-bond acceptors (Lipinski definition) is 3. The molecule has 5 heteroatoms. The molecule has 0 radical (unpaired) electrons. The molecule has 3 nitrogen and oxygen atoms in total. The number of allylic oxidation sites excluding steroid dienone is 1. The van der Waals surface area contributed by atoms with Crippen molar-refractivity contribution in [2.45, 2.75) is 20.5 Å². The summed E-state index contributed by atoms with van der Waals surface area (Å²) in [5.41, 5.74) is 3.20. The maximum atomic E-state index is 14.1. The van der Waals surface area contributed by atoms with Gasteiger partial charge in [-0.2, -0.15) is 5.26 Å². The van der Waals surface area contributed by atoms with Crippen molar-refractivity contribution in [2.75, 3.05) is 6.61 Å². The molecule has 0 aliphatic heterocycles. The lowest BCUT2D eigenvalue weighted by atomic mass is 10.0. The number of benzene rings is 3. The Kier molecular flexibility index (Phi) is 7.11. The van der Waals surface area contributed by atoms with Crippen LogP contribution in [0.5, 0.6) is 11.5 Å². The second-order valence-corrected chi connectivity index (χ2v) is 7.10. The monoisotopic (exact) mass is 421 g/mol. The Hall–Kier alpha value is -3.29. The van der Waals surface area contributed by atoms with Gasteiger partial charge in [0.25, 0.3) is 0 Å². The number of aryl methyl sites for hydroxylation is 1. The lowest BCUT2D eigenvalue weighted by Crippen LogP contribution is -2.01. The first kappa shape index (κ1) is 21.4. The third kappa shape index (κ3) is 5.20. The Morgan fingerprint density at radius 3 is 2.60 bits per heavy atom. The Balaban J connectivity index is 1.94. The molecule has 0 saturated heterocycles. The molecule has 152 valence electrons. The molecule has 0 N–H and O–H groups in total. The van der Waals surface area contributed by atoms with E-state index in [0.29, 0.717) is 35.3 Å². The molecule has 0 aliphatic rings. The number of halogens is 2. The predicted octanol–water partition coefficient (Wildman–Crippen LogP) is 6.83. The number of hydrogen-bond donors (Lipinski definition) is 0. The minimum absolute atomic E-state index is 0.194. The average Bonchev–Trinajstić information content (AvgIpc) is 2.72. The predicted molar refractivity (Wildman–Crippen MR) is 118 cm³/mol. The fraction of sp³-hybridized carbons (Fsp3) is 0.160. The molecule has 0 heterocycles. The van der Waals surface area contributed by atoms with Crippen LogP contribution in [0.15, 0.2) is 60.7 Å². The topological polar surface area (TPSA) is 42.2 Å². The molecule has 0 amide bonds. The minimum atomic E-state index is -0.459. The van der Waals surface area contributed by atoms with E-state index in [-0.39, 0.29) is 11.1 Å². The third-order valence-corrected chi connectivity index (χ3v) is 4.67. The van der Waals surface area contributed by atoms with E-state index in [4.69, 9.17) is 21.1 Å². The van der Waals surface area contributed by atoms with Gasteiger partial charge in [-0.15, -0.1) is 0 Å². The van der Waals surface area contributed by atoms with E-state index in [1.165, 1.54) is 6.07 Å². The van der Waals surface area contributed by atoms with Crippen molar-refractivity contribution < 1.29 is 13.9 Å². The summed E-state index contributed by atoms with van der Waals surface area (Å²) in [4.78, 5) is 0. The van der Waals surface area contributed by atoms with Crippen molar-refractivity contribution in [3.63, 3.8) is 0 Å². The zero-order valence-corrected chi connectivity index (χ0v) is 17.5. The van der Waals surface area contributed by atoms with Gasteiger partial charge in [-0.05, 0) is 49.2 Å². The van der Waals surface area contributed by atoms with Gasteiger partial charge in [0.05, 0.1) is 23.3 Å². The highest BCUT2D eigenvalue weighted by Gasteiger charge is 2.14. The Morgan fingerprint density at radius 2 is 1.90 bits per heavy atom. The number of nitriles is 1. The smallest absolute Gasteiger partial charge is 0.180 e. The quantitative estimate of drug-likeness (QED) is 0.310. The van der Waals surface area contributed by atoms with Crippen LogP contribution in [0.1, 0.15) is 29.2 Å². The minimum Gasteiger partial charge on any atom is -0.490 e. The van der Waals surface area contributed by atoms with Crippen LogP contribution < -0.4 is 9.47 Å². The Morgan fingerprint density at radius 1 is 1.10 bits per heavy atom. The van der Waals surface area contributed by atoms with Crippen molar-refractivity contribution in [3.8, 4) is 17.6 Å². The first-order chi connectivity index (χ1) is 14.5. The van der Waals surface area contributed by atoms with Crippen LogP contribution in [-0.2, 0) is 6.61 Å². The fourth-order valence-electron chi connectivity index (χ4n) is 3.05. The molecule has 0 aromatic heterocycles. The molecule has 0 spiro atoms. The fourth-order valence-corrected chi connectivity index (χ4v) is 3.32. The summed E-state index contributed by atoms with van der Waals surface area (Å²) < 4.78 is 25.8. The van der Waals surface area contributed by atoms with E-state index in [1.54, 1.807) is 36.4 Å². The van der Waals surface area contributed by atoms with E-state index in [2.05, 4.69) is 6.07 Å². The first-order valence-electron chi connectivity index (χ1n) is 9.53. The van der Waals surface area contributed by atoms with Crippen LogP contribution >= 0.6 is 11.6 Å². The zero-order chi connectivity index (χ0) is 21.5. The number of nitrogens with zero attached hydrogens (tertiary/aromatic N) is 1. The molecule has 0 aliphatic carbocycles. The Labute approximate surface area is 180 Å². The SMILES string of the molecule is CCOc1cc(/C=C(/C#N)c2ccccc2F)cc(Cl)c1OCc1cccc(C)c1. The highest BCUT2D eigenvalue weighted by Crippen LogP contribution is 2.38. The molecule has 0 unspecified atom stereocenters. The molecular weight excluding hydrogens is 401 g/mol. The van der Waals surface area contributed by atoms with E-state index in [1.807, 2.05) is 38.1 Å². The van der Waals surface area contributed by atoms with Gasteiger partial charge in [-0.1, -0.05) is 59.6 Å². The van der Waals surface area contributed by atoms with Crippen molar-refractivity contribution in [1.29, 1.82) is 5.26 Å². The largest absolute Gasteiger partial charge is 0.490 e. The molecular formula is C25H21ClFNO2. The van der Waals surface area contributed by atoms with E-state index >= 15 is 0 Å². The van der Waals surface area contributed by atoms with Crippen molar-refractivity contribution in [3.05, 3.63) is 93.8 Å². The van der Waals surface area contributed by atoms with Gasteiger partial charge < -0.3 is 9.47 Å². The van der Waals surface area contributed by atoms with E-state index < -0.39 is 5.82 Å². The summed E-state index contributed by atoms with van der Waals surface area (Å²) in [5.74, 6) is 0.441. The first-order valence-corrected chi connectivity index (χ1v) is 9.91. The van der Waals surface area contributed by atoms with Gasteiger partial charge in [-0.25, -0.2) is 4.39 Å². The van der Waals surface area contributed by atoms with E-state index in [0.717, 1.165) is 11.1 Å². The van der Waals surface area contributed by atoms with Gasteiger partial charge >= 0.3 is 0 Å². The summed E-state index contributed by atoms with van der Waals surface area (Å²) in [5, 5.41) is 9.87. The van der Waals surface area contributed by atoms with Gasteiger partial charge in [-0.3, -0.25) is 0 Å². The average molecular weight is 422 g/mol. The lowest BCUT2D eigenvalue weighted by molar-refractivity contribution is 0.269.